The summed E-state index contributed by atoms with van der Waals surface area (Å²) in [6.07, 6.45) is 62.3. The molecule has 10 nitrogen and oxygen atoms in total. The highest BCUT2D eigenvalue weighted by Crippen LogP contribution is 2.18. The van der Waals surface area contributed by atoms with Gasteiger partial charge in [0, 0.05) is 38.4 Å². The molecule has 0 aromatic heterocycles. The molecule has 1 unspecified atom stereocenters. The predicted octanol–water partition coefficient (Wildman–Crippen LogP) is 19.0. The fourth-order valence-corrected chi connectivity index (χ4v) is 10.6. The first kappa shape index (κ1) is 78.3. The van der Waals surface area contributed by atoms with Gasteiger partial charge in [0.1, 0.15) is 13.2 Å². The Balaban J connectivity index is 0. The lowest BCUT2D eigenvalue weighted by Crippen LogP contribution is -2.41. The van der Waals surface area contributed by atoms with Gasteiger partial charge in [0.25, 0.3) is 0 Å². The van der Waals surface area contributed by atoms with E-state index in [9.17, 15) is 19.5 Å². The molecule has 0 saturated carbocycles. The van der Waals surface area contributed by atoms with Crippen LogP contribution in [-0.2, 0) is 28.6 Å². The van der Waals surface area contributed by atoms with Gasteiger partial charge < -0.3 is 29.5 Å². The molecule has 466 valence electrons. The Morgan fingerprint density at radius 3 is 0.795 bits per heavy atom. The Bertz CT molecular complexity index is 1130. The van der Waals surface area contributed by atoms with Gasteiger partial charge in [-0.1, -0.05) is 317 Å². The van der Waals surface area contributed by atoms with Crippen LogP contribution in [0.3, 0.4) is 0 Å². The van der Waals surface area contributed by atoms with Crippen LogP contribution in [0.1, 0.15) is 362 Å². The van der Waals surface area contributed by atoms with E-state index in [1.807, 2.05) is 4.90 Å². The van der Waals surface area contributed by atoms with E-state index in [1.165, 1.54) is 238 Å². The smallest absolute Gasteiger partial charge is 0.306 e. The molecular weight excluding hydrogens is 975 g/mol. The summed E-state index contributed by atoms with van der Waals surface area (Å²) < 4.78 is 16.9. The van der Waals surface area contributed by atoms with Crippen LogP contribution in [0.4, 0.5) is 0 Å². The van der Waals surface area contributed by atoms with Crippen molar-refractivity contribution in [1.82, 2.24) is 4.90 Å². The van der Waals surface area contributed by atoms with Crippen LogP contribution in [0, 0.1) is 0 Å². The highest BCUT2D eigenvalue weighted by Gasteiger charge is 2.20. The van der Waals surface area contributed by atoms with Gasteiger partial charge in [-0.3, -0.25) is 19.3 Å². The summed E-state index contributed by atoms with van der Waals surface area (Å²) in [5.41, 5.74) is 0. The monoisotopic (exact) mass is 1110 g/mol. The first-order valence-corrected chi connectivity index (χ1v) is 34.4. The molecule has 0 saturated heterocycles. The second kappa shape index (κ2) is 67.8. The van der Waals surface area contributed by atoms with Crippen molar-refractivity contribution in [2.24, 2.45) is 0 Å². The summed E-state index contributed by atoms with van der Waals surface area (Å²) in [6.45, 7) is 10.2. The van der Waals surface area contributed by atoms with Crippen LogP contribution >= 0.6 is 0 Å². The molecule has 0 aromatic carbocycles. The SMILES string of the molecule is CCCCCC(CO)N(CCO)CCO.CCCCCCCCCCCCCCCCCC(=O)OCC(COC(=O)CCCCCCCCCCCCCCCCC)OC(=O)CCCCCCCCCCCCCCCCC. The number of carbonyl (C=O) groups excluding carboxylic acids is 3. The van der Waals surface area contributed by atoms with Gasteiger partial charge in [-0.05, 0) is 25.7 Å². The van der Waals surface area contributed by atoms with Crippen LogP contribution in [0.25, 0.3) is 0 Å². The summed E-state index contributed by atoms with van der Waals surface area (Å²) in [6, 6.07) is 0.0795. The summed E-state index contributed by atoms with van der Waals surface area (Å²) in [4.78, 5) is 40.0. The maximum Gasteiger partial charge on any atom is 0.306 e. The third-order valence-electron chi connectivity index (χ3n) is 15.8. The number of unbranched alkanes of at least 4 members (excludes halogenated alkanes) is 44. The second-order valence-corrected chi connectivity index (χ2v) is 23.4. The highest BCUT2D eigenvalue weighted by atomic mass is 16.6. The van der Waals surface area contributed by atoms with Gasteiger partial charge >= 0.3 is 17.9 Å². The molecule has 10 heteroatoms. The minimum atomic E-state index is -0.760. The second-order valence-electron chi connectivity index (χ2n) is 23.4. The number of esters is 3. The minimum absolute atomic E-state index is 0.0611. The number of ether oxygens (including phenoxy) is 3. The summed E-state index contributed by atoms with van der Waals surface area (Å²) in [7, 11) is 0. The van der Waals surface area contributed by atoms with Crippen LogP contribution in [0.5, 0.6) is 0 Å². The molecule has 0 rings (SSSR count). The maximum absolute atomic E-state index is 12.8. The van der Waals surface area contributed by atoms with E-state index in [4.69, 9.17) is 24.4 Å². The van der Waals surface area contributed by atoms with Gasteiger partial charge in [0.2, 0.25) is 0 Å². The van der Waals surface area contributed by atoms with Crippen LogP contribution in [0.2, 0.25) is 0 Å². The zero-order valence-electron chi connectivity index (χ0n) is 52.6. The van der Waals surface area contributed by atoms with Crippen molar-refractivity contribution in [2.75, 3.05) is 46.1 Å². The van der Waals surface area contributed by atoms with Crippen molar-refractivity contribution in [3.8, 4) is 0 Å². The molecule has 78 heavy (non-hydrogen) atoms. The Morgan fingerprint density at radius 1 is 0.321 bits per heavy atom. The summed E-state index contributed by atoms with van der Waals surface area (Å²) in [5, 5.41) is 27.0. The lowest BCUT2D eigenvalue weighted by molar-refractivity contribution is -0.167. The molecule has 0 heterocycles. The van der Waals surface area contributed by atoms with Gasteiger partial charge in [-0.2, -0.15) is 0 Å². The maximum atomic E-state index is 12.8. The zero-order valence-corrected chi connectivity index (χ0v) is 52.6. The van der Waals surface area contributed by atoms with E-state index in [0.29, 0.717) is 32.4 Å². The number of hydrogen-bond acceptors (Lipinski definition) is 10. The number of aliphatic hydroxyl groups excluding tert-OH is 3. The quantitative estimate of drug-likeness (QED) is 0.0306. The lowest BCUT2D eigenvalue weighted by atomic mass is 10.0. The van der Waals surface area contributed by atoms with E-state index in [2.05, 4.69) is 27.7 Å². The predicted molar refractivity (Wildman–Crippen MR) is 331 cm³/mol. The van der Waals surface area contributed by atoms with E-state index >= 15 is 0 Å². The van der Waals surface area contributed by atoms with E-state index in [-0.39, 0.29) is 57.0 Å². The Labute approximate surface area is 484 Å². The van der Waals surface area contributed by atoms with Crippen molar-refractivity contribution >= 4 is 17.9 Å². The van der Waals surface area contributed by atoms with Crippen molar-refractivity contribution in [1.29, 1.82) is 0 Å². The highest BCUT2D eigenvalue weighted by molar-refractivity contribution is 5.71. The number of rotatable bonds is 63. The average Bonchev–Trinajstić information content (AvgIpc) is 3.44. The summed E-state index contributed by atoms with van der Waals surface area (Å²) >= 11 is 0. The molecular formula is C68H135NO9. The number of carbonyl (C=O) groups is 3. The lowest BCUT2D eigenvalue weighted by Gasteiger charge is -2.29. The first-order chi connectivity index (χ1) is 38.3. The van der Waals surface area contributed by atoms with Crippen molar-refractivity contribution in [2.45, 2.75) is 374 Å². The van der Waals surface area contributed by atoms with Gasteiger partial charge in [0.05, 0.1) is 19.8 Å². The molecule has 0 aliphatic heterocycles. The topological polar surface area (TPSA) is 143 Å². The van der Waals surface area contributed by atoms with Gasteiger partial charge in [0.15, 0.2) is 6.10 Å². The van der Waals surface area contributed by atoms with Crippen LogP contribution < -0.4 is 0 Å². The Hall–Kier alpha value is -1.75. The van der Waals surface area contributed by atoms with E-state index in [0.717, 1.165) is 77.0 Å². The molecule has 0 radical (unpaired) electrons. The number of aliphatic hydroxyl groups is 3. The first-order valence-electron chi connectivity index (χ1n) is 34.4. The molecule has 0 aliphatic carbocycles. The van der Waals surface area contributed by atoms with Crippen molar-refractivity contribution in [3.05, 3.63) is 0 Å². The summed E-state index contributed by atoms with van der Waals surface area (Å²) in [5.74, 6) is -0.832. The average molecular weight is 1110 g/mol. The fourth-order valence-electron chi connectivity index (χ4n) is 10.6. The van der Waals surface area contributed by atoms with E-state index < -0.39 is 6.10 Å². The van der Waals surface area contributed by atoms with E-state index in [1.54, 1.807) is 0 Å². The molecule has 1 atom stereocenters. The van der Waals surface area contributed by atoms with Gasteiger partial charge in [-0.15, -0.1) is 0 Å². The largest absolute Gasteiger partial charge is 0.462 e. The molecule has 0 amide bonds. The Kier molecular flexibility index (Phi) is 68.0. The molecule has 0 aliphatic rings. The zero-order chi connectivity index (χ0) is 57.3. The molecule has 0 fully saturated rings. The van der Waals surface area contributed by atoms with Gasteiger partial charge in [-0.25, -0.2) is 0 Å². The third kappa shape index (κ3) is 61.9. The third-order valence-corrected chi connectivity index (χ3v) is 15.8. The van der Waals surface area contributed by atoms with Crippen molar-refractivity contribution in [3.63, 3.8) is 0 Å². The standard InChI is InChI=1S/C57H110O6.C11H25NO3/c1-4-7-10-13-16-19-22-25-28-31-34-37-40-43-46-49-55(58)61-52-54(63-57(60)51-48-45-42-39-36-33-30-27-24-21-18-15-12-9-6-3)53-62-56(59)50-47-44-41-38-35-32-29-26-23-20-17-14-11-8-5-2;1-2-3-4-5-11(10-15)12(6-8-13)7-9-14/h54H,4-53H2,1-3H3;11,13-15H,2-10H2,1H3. The molecule has 0 aromatic rings. The molecule has 0 spiro atoms. The molecule has 3 N–H and O–H groups in total. The normalized spacial score (nSPS) is 11.8. The van der Waals surface area contributed by atoms with Crippen LogP contribution in [0.15, 0.2) is 0 Å². The van der Waals surface area contributed by atoms with Crippen LogP contribution in [-0.4, -0.2) is 96.4 Å². The number of hydrogen-bond donors (Lipinski definition) is 3. The van der Waals surface area contributed by atoms with Crippen molar-refractivity contribution < 1.29 is 43.9 Å². The number of nitrogens with zero attached hydrogens (tertiary/aromatic N) is 1. The fraction of sp³-hybridized carbons (Fsp3) is 0.956. The Morgan fingerprint density at radius 2 is 0.551 bits per heavy atom. The minimum Gasteiger partial charge on any atom is -0.462 e. The molecule has 0 bridgehead atoms.